The first-order valence-corrected chi connectivity index (χ1v) is 10.4. The summed E-state index contributed by atoms with van der Waals surface area (Å²) < 4.78 is 0. The lowest BCUT2D eigenvalue weighted by molar-refractivity contribution is 0.0937. The average Bonchev–Trinajstić information content (AvgIpc) is 2.79. The molecule has 1 N–H and O–H groups in total. The molecular formula is C27H26N2O. The van der Waals surface area contributed by atoms with Gasteiger partial charge in [-0.2, -0.15) is 0 Å². The molecule has 0 aliphatic carbocycles. The highest BCUT2D eigenvalue weighted by Crippen LogP contribution is 2.27. The van der Waals surface area contributed by atoms with Crippen molar-refractivity contribution >= 4 is 16.8 Å². The van der Waals surface area contributed by atoms with E-state index >= 15 is 0 Å². The summed E-state index contributed by atoms with van der Waals surface area (Å²) in [5.74, 6) is -0.0746. The van der Waals surface area contributed by atoms with Crippen LogP contribution < -0.4 is 5.32 Å². The number of carbonyl (C=O) groups excluding carboxylic acids is 1. The fourth-order valence-electron chi connectivity index (χ4n) is 3.75. The number of hydrogen-bond acceptors (Lipinski definition) is 2. The lowest BCUT2D eigenvalue weighted by Gasteiger charge is -2.18. The smallest absolute Gasteiger partial charge is 0.252 e. The predicted octanol–water partition coefficient (Wildman–Crippen LogP) is 6.40. The number of aryl methyl sites for hydroxylation is 2. The van der Waals surface area contributed by atoms with E-state index in [1.165, 1.54) is 11.1 Å². The van der Waals surface area contributed by atoms with Gasteiger partial charge in [-0.05, 0) is 55.2 Å². The minimum absolute atomic E-state index is 0.0318. The number of carbonyl (C=O) groups is 1. The van der Waals surface area contributed by atoms with Gasteiger partial charge in [0.25, 0.3) is 5.91 Å². The summed E-state index contributed by atoms with van der Waals surface area (Å²) in [7, 11) is 0. The number of benzene rings is 3. The summed E-state index contributed by atoms with van der Waals surface area (Å²) in [6.45, 7) is 6.28. The highest BCUT2D eigenvalue weighted by Gasteiger charge is 2.18. The second kappa shape index (κ2) is 8.50. The highest BCUT2D eigenvalue weighted by molar-refractivity contribution is 6.07. The lowest BCUT2D eigenvalue weighted by Crippen LogP contribution is -2.28. The maximum absolute atomic E-state index is 13.4. The Morgan fingerprint density at radius 3 is 2.37 bits per heavy atom. The molecule has 3 aromatic carbocycles. The maximum Gasteiger partial charge on any atom is 0.252 e. The molecule has 1 heterocycles. The molecular weight excluding hydrogens is 368 g/mol. The van der Waals surface area contributed by atoms with Gasteiger partial charge < -0.3 is 5.32 Å². The van der Waals surface area contributed by atoms with Crippen molar-refractivity contribution in [2.24, 2.45) is 0 Å². The minimum Gasteiger partial charge on any atom is -0.345 e. The second-order valence-corrected chi connectivity index (χ2v) is 7.72. The zero-order valence-electron chi connectivity index (χ0n) is 17.6. The van der Waals surface area contributed by atoms with Crippen LogP contribution in [0.2, 0.25) is 0 Å². The van der Waals surface area contributed by atoms with Gasteiger partial charge in [-0.1, -0.05) is 67.6 Å². The minimum atomic E-state index is -0.0746. The van der Waals surface area contributed by atoms with E-state index in [1.54, 1.807) is 0 Å². The molecule has 30 heavy (non-hydrogen) atoms. The fourth-order valence-corrected chi connectivity index (χ4v) is 3.75. The molecule has 1 aromatic heterocycles. The van der Waals surface area contributed by atoms with Gasteiger partial charge in [-0.15, -0.1) is 0 Å². The first-order chi connectivity index (χ1) is 14.6. The molecule has 0 spiro atoms. The van der Waals surface area contributed by atoms with Crippen molar-refractivity contribution in [2.45, 2.75) is 33.2 Å². The zero-order valence-corrected chi connectivity index (χ0v) is 17.6. The van der Waals surface area contributed by atoms with Crippen LogP contribution in [0.1, 0.15) is 46.4 Å². The lowest BCUT2D eigenvalue weighted by atomic mass is 9.99. The summed E-state index contributed by atoms with van der Waals surface area (Å²) in [4.78, 5) is 18.2. The van der Waals surface area contributed by atoms with Crippen LogP contribution in [0, 0.1) is 13.8 Å². The summed E-state index contributed by atoms with van der Waals surface area (Å²) in [6, 6.07) is 26.1. The number of aromatic nitrogens is 1. The number of nitrogens with one attached hydrogen (secondary N) is 1. The number of para-hydroxylation sites is 1. The van der Waals surface area contributed by atoms with E-state index in [2.05, 4.69) is 56.4 Å². The first-order valence-electron chi connectivity index (χ1n) is 10.4. The number of amides is 1. The normalized spacial score (nSPS) is 12.0. The topological polar surface area (TPSA) is 42.0 Å². The molecule has 0 radical (unpaired) electrons. The van der Waals surface area contributed by atoms with E-state index in [0.29, 0.717) is 5.56 Å². The van der Waals surface area contributed by atoms with Gasteiger partial charge in [0, 0.05) is 10.9 Å². The van der Waals surface area contributed by atoms with Crippen LogP contribution in [0.15, 0.2) is 78.9 Å². The Balaban J connectivity index is 1.77. The van der Waals surface area contributed by atoms with E-state index < -0.39 is 0 Å². The predicted molar refractivity (Wildman–Crippen MR) is 124 cm³/mol. The summed E-state index contributed by atoms with van der Waals surface area (Å²) in [5, 5.41) is 4.09. The van der Waals surface area contributed by atoms with E-state index in [1.807, 2.05) is 48.5 Å². The van der Waals surface area contributed by atoms with Crippen LogP contribution in [0.5, 0.6) is 0 Å². The maximum atomic E-state index is 13.4. The molecule has 0 aliphatic rings. The third-order valence-corrected chi connectivity index (χ3v) is 5.68. The second-order valence-electron chi connectivity index (χ2n) is 7.72. The number of pyridine rings is 1. The molecule has 0 aliphatic heterocycles. The van der Waals surface area contributed by atoms with Crippen LogP contribution in [0.3, 0.4) is 0 Å². The molecule has 0 saturated carbocycles. The van der Waals surface area contributed by atoms with Crippen LogP contribution in [0.4, 0.5) is 0 Å². The van der Waals surface area contributed by atoms with Crippen LogP contribution in [-0.4, -0.2) is 10.9 Å². The third-order valence-electron chi connectivity index (χ3n) is 5.68. The van der Waals surface area contributed by atoms with Crippen molar-refractivity contribution in [3.63, 3.8) is 0 Å². The average molecular weight is 395 g/mol. The molecule has 150 valence electrons. The zero-order chi connectivity index (χ0) is 21.1. The van der Waals surface area contributed by atoms with Crippen molar-refractivity contribution in [1.29, 1.82) is 0 Å². The summed E-state index contributed by atoms with van der Waals surface area (Å²) in [5.41, 5.74) is 6.88. The van der Waals surface area contributed by atoms with Crippen LogP contribution in [-0.2, 0) is 0 Å². The van der Waals surface area contributed by atoms with Gasteiger partial charge in [-0.25, -0.2) is 4.98 Å². The highest BCUT2D eigenvalue weighted by atomic mass is 16.1. The molecule has 1 unspecified atom stereocenters. The van der Waals surface area contributed by atoms with E-state index in [-0.39, 0.29) is 11.9 Å². The molecule has 0 bridgehead atoms. The number of rotatable bonds is 5. The molecule has 0 fully saturated rings. The van der Waals surface area contributed by atoms with Crippen molar-refractivity contribution in [2.75, 3.05) is 0 Å². The Labute approximate surface area is 177 Å². The Hall–Kier alpha value is -3.46. The molecule has 3 nitrogen and oxygen atoms in total. The molecule has 1 atom stereocenters. The third kappa shape index (κ3) is 3.97. The molecule has 4 aromatic rings. The first kappa shape index (κ1) is 19.8. The van der Waals surface area contributed by atoms with Crippen LogP contribution in [0.25, 0.3) is 22.2 Å². The van der Waals surface area contributed by atoms with Gasteiger partial charge in [0.2, 0.25) is 0 Å². The standard InChI is InChI=1S/C27H26N2O/c1-4-24(20-10-6-5-7-11-20)29-27(30)23-17-26(21-15-14-18(2)19(3)16-21)28-25-13-9-8-12-22(23)25/h5-17,24H,4H2,1-3H3,(H,29,30). The van der Waals surface area contributed by atoms with Gasteiger partial charge >= 0.3 is 0 Å². The van der Waals surface area contributed by atoms with Crippen LogP contribution >= 0.6 is 0 Å². The number of nitrogens with zero attached hydrogens (tertiary/aromatic N) is 1. The van der Waals surface area contributed by atoms with Gasteiger partial charge in [0.15, 0.2) is 0 Å². The van der Waals surface area contributed by atoms with Crippen molar-refractivity contribution in [3.05, 3.63) is 101 Å². The molecule has 0 saturated heterocycles. The summed E-state index contributed by atoms with van der Waals surface area (Å²) >= 11 is 0. The van der Waals surface area contributed by atoms with E-state index in [4.69, 9.17) is 4.98 Å². The molecule has 3 heteroatoms. The fraction of sp³-hybridized carbons (Fsp3) is 0.185. The Bertz CT molecular complexity index is 1200. The monoisotopic (exact) mass is 394 g/mol. The summed E-state index contributed by atoms with van der Waals surface area (Å²) in [6.07, 6.45) is 0.822. The Morgan fingerprint density at radius 2 is 1.63 bits per heavy atom. The number of fused-ring (bicyclic) bond motifs is 1. The largest absolute Gasteiger partial charge is 0.345 e. The number of hydrogen-bond donors (Lipinski definition) is 1. The quantitative estimate of drug-likeness (QED) is 0.425. The van der Waals surface area contributed by atoms with Crippen molar-refractivity contribution < 1.29 is 4.79 Å². The van der Waals surface area contributed by atoms with Gasteiger partial charge in [0.1, 0.15) is 0 Å². The van der Waals surface area contributed by atoms with Gasteiger partial charge in [0.05, 0.1) is 22.8 Å². The SMILES string of the molecule is CCC(NC(=O)c1cc(-c2ccc(C)c(C)c2)nc2ccccc12)c1ccccc1. The molecule has 4 rings (SSSR count). The molecule has 1 amide bonds. The Kier molecular flexibility index (Phi) is 5.62. The van der Waals surface area contributed by atoms with Gasteiger partial charge in [-0.3, -0.25) is 4.79 Å². The van der Waals surface area contributed by atoms with E-state index in [9.17, 15) is 4.79 Å². The van der Waals surface area contributed by atoms with E-state index in [0.717, 1.165) is 34.1 Å². The van der Waals surface area contributed by atoms with Crippen molar-refractivity contribution in [3.8, 4) is 11.3 Å². The van der Waals surface area contributed by atoms with Crippen molar-refractivity contribution in [1.82, 2.24) is 10.3 Å². The Morgan fingerprint density at radius 1 is 0.900 bits per heavy atom.